The number of halogens is 1. The average molecular weight is 329 g/mol. The zero-order valence-corrected chi connectivity index (χ0v) is 14.7. The van der Waals surface area contributed by atoms with E-state index in [0.29, 0.717) is 12.0 Å². The molecule has 0 aliphatic carbocycles. The van der Waals surface area contributed by atoms with Gasteiger partial charge < -0.3 is 20.1 Å². The van der Waals surface area contributed by atoms with Gasteiger partial charge in [0.25, 0.3) is 0 Å². The maximum absolute atomic E-state index is 5.38. The van der Waals surface area contributed by atoms with Crippen molar-refractivity contribution < 1.29 is 9.47 Å². The van der Waals surface area contributed by atoms with E-state index in [9.17, 15) is 0 Å². The number of methoxy groups -OCH3 is 2. The van der Waals surface area contributed by atoms with E-state index in [0.717, 1.165) is 30.3 Å². The SMILES string of the molecule is CCCCC1CNCCC1Nc1ccc(OC)c(OC)c1.Cl. The molecule has 1 aromatic rings. The number of rotatable bonds is 7. The van der Waals surface area contributed by atoms with Crippen molar-refractivity contribution in [2.24, 2.45) is 5.92 Å². The summed E-state index contributed by atoms with van der Waals surface area (Å²) in [7, 11) is 3.34. The summed E-state index contributed by atoms with van der Waals surface area (Å²) in [6.07, 6.45) is 5.02. The Morgan fingerprint density at radius 1 is 1.23 bits per heavy atom. The van der Waals surface area contributed by atoms with Crippen molar-refractivity contribution in [2.45, 2.75) is 38.6 Å². The number of nitrogens with one attached hydrogen (secondary N) is 2. The molecule has 1 saturated heterocycles. The number of unbranched alkanes of at least 4 members (excludes halogenated alkanes) is 1. The minimum absolute atomic E-state index is 0. The first kappa shape index (κ1) is 18.9. The summed E-state index contributed by atoms with van der Waals surface area (Å²) < 4.78 is 10.7. The van der Waals surface area contributed by atoms with E-state index < -0.39 is 0 Å². The van der Waals surface area contributed by atoms with Crippen LogP contribution in [0.4, 0.5) is 5.69 Å². The lowest BCUT2D eigenvalue weighted by molar-refractivity contribution is 0.319. The summed E-state index contributed by atoms with van der Waals surface area (Å²) >= 11 is 0. The molecular formula is C17H29ClN2O2. The number of piperidine rings is 1. The molecule has 2 N–H and O–H groups in total. The van der Waals surface area contributed by atoms with Gasteiger partial charge in [-0.1, -0.05) is 19.8 Å². The van der Waals surface area contributed by atoms with E-state index >= 15 is 0 Å². The average Bonchev–Trinajstić information content (AvgIpc) is 2.54. The van der Waals surface area contributed by atoms with Gasteiger partial charge in [-0.15, -0.1) is 12.4 Å². The lowest BCUT2D eigenvalue weighted by Gasteiger charge is -2.33. The molecule has 2 atom stereocenters. The molecule has 1 fully saturated rings. The summed E-state index contributed by atoms with van der Waals surface area (Å²) in [5, 5.41) is 7.21. The minimum atomic E-state index is 0. The van der Waals surface area contributed by atoms with Gasteiger partial charge in [0.1, 0.15) is 0 Å². The lowest BCUT2D eigenvalue weighted by atomic mass is 9.88. The third-order valence-electron chi connectivity index (χ3n) is 4.27. The third-order valence-corrected chi connectivity index (χ3v) is 4.27. The normalized spacial score (nSPS) is 20.9. The van der Waals surface area contributed by atoms with Gasteiger partial charge in [0, 0.05) is 17.8 Å². The molecule has 4 nitrogen and oxygen atoms in total. The second-order valence-corrected chi connectivity index (χ2v) is 5.72. The fraction of sp³-hybridized carbons (Fsp3) is 0.647. The van der Waals surface area contributed by atoms with Crippen molar-refractivity contribution in [1.29, 1.82) is 0 Å². The van der Waals surface area contributed by atoms with Crippen molar-refractivity contribution in [1.82, 2.24) is 5.32 Å². The standard InChI is InChI=1S/C17H28N2O2.ClH/c1-4-5-6-13-12-18-10-9-15(13)19-14-7-8-16(20-2)17(11-14)21-3;/h7-8,11,13,15,18-19H,4-6,9-10,12H2,1-3H3;1H. The topological polar surface area (TPSA) is 42.5 Å². The van der Waals surface area contributed by atoms with Gasteiger partial charge in [-0.05, 0) is 44.0 Å². The summed E-state index contributed by atoms with van der Waals surface area (Å²) in [6, 6.07) is 6.59. The van der Waals surface area contributed by atoms with Crippen LogP contribution in [0.5, 0.6) is 11.5 Å². The predicted octanol–water partition coefficient (Wildman–Crippen LogP) is 3.71. The van der Waals surface area contributed by atoms with E-state index in [1.807, 2.05) is 12.1 Å². The molecule has 1 aliphatic rings. The van der Waals surface area contributed by atoms with Crippen LogP contribution in [0.1, 0.15) is 32.6 Å². The van der Waals surface area contributed by atoms with Gasteiger partial charge >= 0.3 is 0 Å². The van der Waals surface area contributed by atoms with E-state index in [-0.39, 0.29) is 12.4 Å². The molecule has 1 heterocycles. The second kappa shape index (κ2) is 9.80. The molecule has 2 rings (SSSR count). The Morgan fingerprint density at radius 3 is 2.68 bits per heavy atom. The zero-order valence-electron chi connectivity index (χ0n) is 13.9. The van der Waals surface area contributed by atoms with Gasteiger partial charge in [0.05, 0.1) is 14.2 Å². The van der Waals surface area contributed by atoms with Crippen LogP contribution < -0.4 is 20.1 Å². The Balaban J connectivity index is 0.00000242. The lowest BCUT2D eigenvalue weighted by Crippen LogP contribution is -2.43. The van der Waals surface area contributed by atoms with E-state index in [1.165, 1.54) is 25.7 Å². The summed E-state index contributed by atoms with van der Waals surface area (Å²) in [4.78, 5) is 0. The molecule has 22 heavy (non-hydrogen) atoms. The van der Waals surface area contributed by atoms with Crippen LogP contribution in [0.15, 0.2) is 18.2 Å². The fourth-order valence-electron chi connectivity index (χ4n) is 3.02. The van der Waals surface area contributed by atoms with Crippen molar-refractivity contribution >= 4 is 18.1 Å². The monoisotopic (exact) mass is 328 g/mol. The number of hydrogen-bond donors (Lipinski definition) is 2. The molecule has 126 valence electrons. The van der Waals surface area contributed by atoms with Crippen LogP contribution in [0.2, 0.25) is 0 Å². The molecule has 0 saturated carbocycles. The Labute approximate surface area is 140 Å². The molecule has 2 unspecified atom stereocenters. The highest BCUT2D eigenvalue weighted by Gasteiger charge is 2.24. The molecule has 1 aliphatic heterocycles. The largest absolute Gasteiger partial charge is 0.493 e. The van der Waals surface area contributed by atoms with E-state index in [1.54, 1.807) is 14.2 Å². The summed E-state index contributed by atoms with van der Waals surface area (Å²) in [5.74, 6) is 2.25. The van der Waals surface area contributed by atoms with Crippen LogP contribution in [0, 0.1) is 5.92 Å². The Bertz CT molecular complexity index is 443. The highest BCUT2D eigenvalue weighted by Crippen LogP contribution is 2.31. The third kappa shape index (κ3) is 4.96. The van der Waals surface area contributed by atoms with Crippen molar-refractivity contribution in [3.63, 3.8) is 0 Å². The van der Waals surface area contributed by atoms with Crippen molar-refractivity contribution in [3.05, 3.63) is 18.2 Å². The Morgan fingerprint density at radius 2 is 2.00 bits per heavy atom. The van der Waals surface area contributed by atoms with Gasteiger partial charge in [0.2, 0.25) is 0 Å². The minimum Gasteiger partial charge on any atom is -0.493 e. The van der Waals surface area contributed by atoms with Gasteiger partial charge in [-0.25, -0.2) is 0 Å². The number of ether oxygens (including phenoxy) is 2. The molecule has 0 radical (unpaired) electrons. The Hall–Kier alpha value is -1.13. The molecular weight excluding hydrogens is 300 g/mol. The van der Waals surface area contributed by atoms with E-state index in [2.05, 4.69) is 23.6 Å². The first-order valence-corrected chi connectivity index (χ1v) is 7.97. The number of anilines is 1. The maximum Gasteiger partial charge on any atom is 0.162 e. The molecule has 0 spiro atoms. The fourth-order valence-corrected chi connectivity index (χ4v) is 3.02. The molecule has 0 aromatic heterocycles. The highest BCUT2D eigenvalue weighted by molar-refractivity contribution is 5.85. The van der Waals surface area contributed by atoms with Crippen LogP contribution in [0.25, 0.3) is 0 Å². The van der Waals surface area contributed by atoms with Crippen LogP contribution in [-0.4, -0.2) is 33.4 Å². The smallest absolute Gasteiger partial charge is 0.162 e. The molecule has 5 heteroatoms. The van der Waals surface area contributed by atoms with Crippen LogP contribution >= 0.6 is 12.4 Å². The molecule has 1 aromatic carbocycles. The van der Waals surface area contributed by atoms with Crippen LogP contribution in [0.3, 0.4) is 0 Å². The van der Waals surface area contributed by atoms with Gasteiger partial charge in [-0.2, -0.15) is 0 Å². The Kier molecular flexibility index (Phi) is 8.43. The summed E-state index contributed by atoms with van der Waals surface area (Å²) in [5.41, 5.74) is 1.11. The number of benzene rings is 1. The van der Waals surface area contributed by atoms with Crippen molar-refractivity contribution in [2.75, 3.05) is 32.6 Å². The van der Waals surface area contributed by atoms with Gasteiger partial charge in [-0.3, -0.25) is 0 Å². The first-order chi connectivity index (χ1) is 10.3. The van der Waals surface area contributed by atoms with Gasteiger partial charge in [0.15, 0.2) is 11.5 Å². The van der Waals surface area contributed by atoms with E-state index in [4.69, 9.17) is 9.47 Å². The second-order valence-electron chi connectivity index (χ2n) is 5.72. The van der Waals surface area contributed by atoms with Crippen LogP contribution in [-0.2, 0) is 0 Å². The van der Waals surface area contributed by atoms with Crippen molar-refractivity contribution in [3.8, 4) is 11.5 Å². The molecule has 0 bridgehead atoms. The zero-order chi connectivity index (χ0) is 15.1. The highest BCUT2D eigenvalue weighted by atomic mass is 35.5. The maximum atomic E-state index is 5.38. The number of hydrogen-bond acceptors (Lipinski definition) is 4. The predicted molar refractivity (Wildman–Crippen MR) is 94.7 cm³/mol. The summed E-state index contributed by atoms with van der Waals surface area (Å²) in [6.45, 7) is 4.46. The quantitative estimate of drug-likeness (QED) is 0.800. The molecule has 0 amide bonds. The first-order valence-electron chi connectivity index (χ1n) is 7.97.